The van der Waals surface area contributed by atoms with Crippen LogP contribution in [-0.2, 0) is 9.59 Å². The third kappa shape index (κ3) is 12.6. The molecule has 6 nitrogen and oxygen atoms in total. The van der Waals surface area contributed by atoms with Crippen LogP contribution >= 0.6 is 0 Å². The summed E-state index contributed by atoms with van der Waals surface area (Å²) in [6.07, 6.45) is -2.92. The number of carboxylic acid groups (broad SMARTS) is 2. The molecule has 0 unspecified atom stereocenters. The highest BCUT2D eigenvalue weighted by molar-refractivity contribution is 5.73. The summed E-state index contributed by atoms with van der Waals surface area (Å²) in [5.41, 5.74) is 10.4. The van der Waals surface area contributed by atoms with E-state index in [4.69, 9.17) is 26.5 Å². The lowest BCUT2D eigenvalue weighted by Crippen LogP contribution is -2.29. The van der Waals surface area contributed by atoms with Crippen LogP contribution in [0.2, 0.25) is 0 Å². The van der Waals surface area contributed by atoms with E-state index in [0.29, 0.717) is 13.0 Å². The first-order valence-electron chi connectivity index (χ1n) is 4.61. The lowest BCUT2D eigenvalue weighted by molar-refractivity contribution is -0.192. The smallest absolute Gasteiger partial charge is 0.480 e. The Balaban J connectivity index is 0. The van der Waals surface area contributed by atoms with Gasteiger partial charge >= 0.3 is 18.1 Å². The van der Waals surface area contributed by atoms with Crippen molar-refractivity contribution in [3.63, 3.8) is 0 Å². The van der Waals surface area contributed by atoms with E-state index in [2.05, 4.69) is 0 Å². The van der Waals surface area contributed by atoms with Gasteiger partial charge in [0.15, 0.2) is 0 Å². The molecule has 0 aliphatic heterocycles. The zero-order valence-corrected chi connectivity index (χ0v) is 8.91. The van der Waals surface area contributed by atoms with Gasteiger partial charge in [-0.25, -0.2) is 4.79 Å². The highest BCUT2D eigenvalue weighted by Crippen LogP contribution is 2.13. The maximum Gasteiger partial charge on any atom is 0.490 e. The summed E-state index contributed by atoms with van der Waals surface area (Å²) in [5.74, 6) is -3.69. The van der Waals surface area contributed by atoms with Gasteiger partial charge in [-0.1, -0.05) is 6.42 Å². The molecule has 0 heterocycles. The number of halogens is 3. The highest BCUT2D eigenvalue weighted by Gasteiger charge is 2.38. The number of carbonyl (C=O) groups is 2. The van der Waals surface area contributed by atoms with Gasteiger partial charge in [-0.3, -0.25) is 4.79 Å². The van der Waals surface area contributed by atoms with Gasteiger partial charge in [0.2, 0.25) is 0 Å². The molecule has 0 aromatic carbocycles. The number of carboxylic acids is 2. The number of rotatable bonds is 5. The zero-order valence-electron chi connectivity index (χ0n) is 8.91. The monoisotopic (exact) mass is 260 g/mol. The molecule has 0 rings (SSSR count). The SMILES string of the molecule is NCCCC[C@H](N)C(=O)O.O=C(O)C(F)(F)F. The van der Waals surface area contributed by atoms with E-state index in [1.54, 1.807) is 0 Å². The van der Waals surface area contributed by atoms with Crippen LogP contribution in [0.15, 0.2) is 0 Å². The van der Waals surface area contributed by atoms with Crippen LogP contribution in [0.25, 0.3) is 0 Å². The number of hydrogen-bond donors (Lipinski definition) is 4. The fourth-order valence-electron chi connectivity index (χ4n) is 0.632. The highest BCUT2D eigenvalue weighted by atomic mass is 19.4. The predicted octanol–water partition coefficient (Wildman–Crippen LogP) is 0.161. The molecule has 6 N–H and O–H groups in total. The Morgan fingerprint density at radius 1 is 1.18 bits per heavy atom. The average molecular weight is 260 g/mol. The summed E-state index contributed by atoms with van der Waals surface area (Å²) in [6, 6.07) is -0.716. The van der Waals surface area contributed by atoms with Crippen LogP contribution in [0, 0.1) is 0 Å². The average Bonchev–Trinajstić information content (AvgIpc) is 2.17. The third-order valence-electron chi connectivity index (χ3n) is 1.53. The molecular weight excluding hydrogens is 245 g/mol. The molecule has 0 amide bonds. The van der Waals surface area contributed by atoms with Crippen molar-refractivity contribution in [2.45, 2.75) is 31.5 Å². The minimum absolute atomic E-state index is 0.520. The van der Waals surface area contributed by atoms with E-state index in [0.717, 1.165) is 12.8 Å². The molecule has 0 bridgehead atoms. The fraction of sp³-hybridized carbons (Fsp3) is 0.750. The van der Waals surface area contributed by atoms with Gasteiger partial charge in [-0.05, 0) is 19.4 Å². The molecule has 0 saturated carbocycles. The standard InChI is InChI=1S/C6H14N2O2.C2HF3O2/c7-4-2-1-3-5(8)6(9)10;3-2(4,5)1(6)7/h5H,1-4,7-8H2,(H,9,10);(H,6,7)/t5-;/m0./s1. The van der Waals surface area contributed by atoms with Gasteiger partial charge < -0.3 is 21.7 Å². The number of alkyl halides is 3. The van der Waals surface area contributed by atoms with Crippen LogP contribution in [0.4, 0.5) is 13.2 Å². The number of hydrogen-bond acceptors (Lipinski definition) is 4. The largest absolute Gasteiger partial charge is 0.490 e. The van der Waals surface area contributed by atoms with E-state index >= 15 is 0 Å². The Kier molecular flexibility index (Phi) is 9.29. The molecule has 0 aliphatic rings. The van der Waals surface area contributed by atoms with E-state index in [9.17, 15) is 18.0 Å². The van der Waals surface area contributed by atoms with Gasteiger partial charge in [0.1, 0.15) is 6.04 Å². The van der Waals surface area contributed by atoms with Gasteiger partial charge in [0.05, 0.1) is 0 Å². The number of nitrogens with two attached hydrogens (primary N) is 2. The summed E-state index contributed by atoms with van der Waals surface area (Å²) in [4.78, 5) is 19.0. The molecule has 0 aromatic heterocycles. The van der Waals surface area contributed by atoms with Crippen molar-refractivity contribution in [2.24, 2.45) is 11.5 Å². The van der Waals surface area contributed by atoms with Crippen molar-refractivity contribution >= 4 is 11.9 Å². The van der Waals surface area contributed by atoms with Crippen molar-refractivity contribution in [1.82, 2.24) is 0 Å². The quantitative estimate of drug-likeness (QED) is 0.521. The van der Waals surface area contributed by atoms with Gasteiger partial charge in [0, 0.05) is 0 Å². The second-order valence-corrected chi connectivity index (χ2v) is 3.03. The van der Waals surface area contributed by atoms with E-state index in [1.807, 2.05) is 0 Å². The first kappa shape index (κ1) is 18.0. The topological polar surface area (TPSA) is 127 Å². The molecule has 0 spiro atoms. The van der Waals surface area contributed by atoms with Crippen molar-refractivity contribution in [3.05, 3.63) is 0 Å². The third-order valence-corrected chi connectivity index (χ3v) is 1.53. The minimum atomic E-state index is -5.08. The van der Waals surface area contributed by atoms with E-state index in [-0.39, 0.29) is 0 Å². The maximum absolute atomic E-state index is 10.6. The molecule has 9 heteroatoms. The van der Waals surface area contributed by atoms with E-state index < -0.39 is 24.2 Å². The maximum atomic E-state index is 10.6. The molecule has 0 radical (unpaired) electrons. The lowest BCUT2D eigenvalue weighted by atomic mass is 10.1. The van der Waals surface area contributed by atoms with Crippen molar-refractivity contribution in [1.29, 1.82) is 0 Å². The molecular formula is C8H15F3N2O4. The lowest BCUT2D eigenvalue weighted by Gasteiger charge is -2.03. The first-order chi connectivity index (χ1) is 7.62. The second-order valence-electron chi connectivity index (χ2n) is 3.03. The summed E-state index contributed by atoms with van der Waals surface area (Å²) < 4.78 is 31.7. The Morgan fingerprint density at radius 2 is 1.59 bits per heavy atom. The minimum Gasteiger partial charge on any atom is -0.480 e. The van der Waals surface area contributed by atoms with Crippen LogP contribution in [-0.4, -0.2) is 40.9 Å². The Bertz CT molecular complexity index is 245. The van der Waals surface area contributed by atoms with Crippen LogP contribution in [0.1, 0.15) is 19.3 Å². The molecule has 0 saturated heterocycles. The Labute approximate surface area is 95.4 Å². The summed E-state index contributed by atoms with van der Waals surface area (Å²) >= 11 is 0. The second kappa shape index (κ2) is 8.76. The molecule has 0 fully saturated rings. The summed E-state index contributed by atoms with van der Waals surface area (Å²) in [6.45, 7) is 0.604. The first-order valence-corrected chi connectivity index (χ1v) is 4.61. The molecule has 0 aromatic rings. The van der Waals surface area contributed by atoms with Crippen molar-refractivity contribution in [3.8, 4) is 0 Å². The predicted molar refractivity (Wildman–Crippen MR) is 52.2 cm³/mol. The summed E-state index contributed by atoms with van der Waals surface area (Å²) in [5, 5.41) is 15.5. The zero-order chi connectivity index (χ0) is 14.1. The Hall–Kier alpha value is -1.35. The molecule has 102 valence electrons. The molecule has 1 atom stereocenters. The van der Waals surface area contributed by atoms with Crippen molar-refractivity contribution < 1.29 is 33.0 Å². The van der Waals surface area contributed by atoms with Crippen LogP contribution < -0.4 is 11.5 Å². The summed E-state index contributed by atoms with van der Waals surface area (Å²) in [7, 11) is 0. The van der Waals surface area contributed by atoms with Crippen LogP contribution in [0.3, 0.4) is 0 Å². The van der Waals surface area contributed by atoms with Crippen molar-refractivity contribution in [2.75, 3.05) is 6.54 Å². The molecule has 17 heavy (non-hydrogen) atoms. The van der Waals surface area contributed by atoms with Crippen LogP contribution in [0.5, 0.6) is 0 Å². The van der Waals surface area contributed by atoms with Gasteiger partial charge in [-0.15, -0.1) is 0 Å². The van der Waals surface area contributed by atoms with Gasteiger partial charge in [0.25, 0.3) is 0 Å². The van der Waals surface area contributed by atoms with Gasteiger partial charge in [-0.2, -0.15) is 13.2 Å². The number of unbranched alkanes of at least 4 members (excludes halogenated alkanes) is 1. The molecule has 0 aliphatic carbocycles. The number of aliphatic carboxylic acids is 2. The fourth-order valence-corrected chi connectivity index (χ4v) is 0.632. The van der Waals surface area contributed by atoms with E-state index in [1.165, 1.54) is 0 Å². The normalized spacial score (nSPS) is 12.3. The Morgan fingerprint density at radius 3 is 1.82 bits per heavy atom.